The number of alkyl halides is 3. The molecule has 140 valence electrons. The minimum Gasteiger partial charge on any atom is -0.382 e. The molecule has 0 fully saturated rings. The van der Waals surface area contributed by atoms with Gasteiger partial charge >= 0.3 is 10.7 Å². The Morgan fingerprint density at radius 1 is 1.26 bits per heavy atom. The Kier molecular flexibility index (Phi) is 5.81. The van der Waals surface area contributed by atoms with Crippen LogP contribution in [0.2, 0.25) is 0 Å². The highest BCUT2D eigenvalue weighted by atomic mass is 127. The first-order valence-corrected chi connectivity index (χ1v) is 10.1. The number of halogens is 4. The fraction of sp³-hybridized carbons (Fsp3) is 0.235. The van der Waals surface area contributed by atoms with Crippen LogP contribution in [0.3, 0.4) is 0 Å². The zero-order valence-electron chi connectivity index (χ0n) is 13.9. The van der Waals surface area contributed by atoms with Gasteiger partial charge in [0.15, 0.2) is 21.9 Å². The highest BCUT2D eigenvalue weighted by molar-refractivity contribution is 14.1. The van der Waals surface area contributed by atoms with Crippen molar-refractivity contribution in [2.45, 2.75) is 34.9 Å². The number of aromatic nitrogens is 4. The fourth-order valence-electron chi connectivity index (χ4n) is 2.57. The van der Waals surface area contributed by atoms with E-state index >= 15 is 0 Å². The molecule has 3 aromatic rings. The van der Waals surface area contributed by atoms with Crippen LogP contribution in [0.5, 0.6) is 0 Å². The van der Waals surface area contributed by atoms with Crippen molar-refractivity contribution in [3.63, 3.8) is 0 Å². The molecule has 2 heterocycles. The molecule has 0 bridgehead atoms. The number of rotatable bonds is 5. The van der Waals surface area contributed by atoms with Gasteiger partial charge in [0.1, 0.15) is 6.33 Å². The molecule has 5 nitrogen and oxygen atoms in total. The number of benzene rings is 1. The van der Waals surface area contributed by atoms with E-state index in [1.54, 1.807) is 18.2 Å². The lowest BCUT2D eigenvalue weighted by atomic mass is 10.3. The molecule has 1 unspecified atom stereocenters. The lowest BCUT2D eigenvalue weighted by molar-refractivity contribution is -0.0376. The predicted octanol–water partition coefficient (Wildman–Crippen LogP) is 3.98. The molecule has 10 heteroatoms. The SMILES string of the molecule is C#CCCCn1c([S+](c2ccccc2I)C(F)(F)F)nc2c(N)ncnc21. The minimum absolute atomic E-state index is 0.0467. The highest BCUT2D eigenvalue weighted by Gasteiger charge is 2.58. The second kappa shape index (κ2) is 7.93. The molecular formula is C17H14F3IN5S+. The molecule has 0 aliphatic rings. The summed E-state index contributed by atoms with van der Waals surface area (Å²) in [5, 5.41) is -0.133. The van der Waals surface area contributed by atoms with Crippen LogP contribution >= 0.6 is 22.6 Å². The summed E-state index contributed by atoms with van der Waals surface area (Å²) in [6, 6.07) is 6.39. The summed E-state index contributed by atoms with van der Waals surface area (Å²) in [6.45, 7) is 0.259. The van der Waals surface area contributed by atoms with Crippen molar-refractivity contribution >= 4 is 50.5 Å². The van der Waals surface area contributed by atoms with Crippen molar-refractivity contribution in [1.82, 2.24) is 19.5 Å². The second-order valence-electron chi connectivity index (χ2n) is 5.47. The molecular weight excluding hydrogens is 490 g/mol. The first-order chi connectivity index (χ1) is 12.8. The maximum atomic E-state index is 14.1. The molecule has 0 aliphatic heterocycles. The number of hydrogen-bond acceptors (Lipinski definition) is 4. The van der Waals surface area contributed by atoms with Crippen molar-refractivity contribution in [1.29, 1.82) is 0 Å². The Morgan fingerprint density at radius 3 is 2.67 bits per heavy atom. The molecule has 0 aliphatic carbocycles. The Morgan fingerprint density at radius 2 is 2.00 bits per heavy atom. The van der Waals surface area contributed by atoms with Crippen LogP contribution < -0.4 is 5.73 Å². The average molecular weight is 504 g/mol. The number of aryl methyl sites for hydroxylation is 1. The summed E-state index contributed by atoms with van der Waals surface area (Å²) in [5.74, 6) is 2.54. The number of nitrogen functional groups attached to an aromatic ring is 1. The summed E-state index contributed by atoms with van der Waals surface area (Å²) in [7, 11) is -2.27. The smallest absolute Gasteiger partial charge is 0.382 e. The van der Waals surface area contributed by atoms with Gasteiger partial charge < -0.3 is 5.73 Å². The van der Waals surface area contributed by atoms with E-state index in [2.05, 4.69) is 20.9 Å². The number of imidazole rings is 1. The third-order valence-electron chi connectivity index (χ3n) is 3.70. The van der Waals surface area contributed by atoms with E-state index in [1.807, 2.05) is 22.6 Å². The number of nitrogens with zero attached hydrogens (tertiary/aromatic N) is 4. The van der Waals surface area contributed by atoms with Gasteiger partial charge in [0.05, 0.1) is 3.57 Å². The quantitative estimate of drug-likeness (QED) is 0.247. The van der Waals surface area contributed by atoms with Gasteiger partial charge in [-0.25, -0.2) is 9.97 Å². The highest BCUT2D eigenvalue weighted by Crippen LogP contribution is 2.41. The number of hydrogen-bond donors (Lipinski definition) is 1. The Hall–Kier alpha value is -2.00. The van der Waals surface area contributed by atoms with E-state index in [-0.39, 0.29) is 33.6 Å². The summed E-state index contributed by atoms with van der Waals surface area (Å²) >= 11 is 1.90. The first kappa shape index (κ1) is 19.8. The Labute approximate surface area is 170 Å². The Bertz CT molecular complexity index is 1010. The lowest BCUT2D eigenvalue weighted by Crippen LogP contribution is -2.28. The van der Waals surface area contributed by atoms with E-state index in [9.17, 15) is 13.2 Å². The minimum atomic E-state index is -4.52. The summed E-state index contributed by atoms with van der Waals surface area (Å²) in [4.78, 5) is 12.3. The molecule has 0 radical (unpaired) electrons. The van der Waals surface area contributed by atoms with Crippen molar-refractivity contribution in [3.8, 4) is 12.3 Å². The van der Waals surface area contributed by atoms with Crippen LogP contribution in [0.25, 0.3) is 11.2 Å². The molecule has 0 amide bonds. The van der Waals surface area contributed by atoms with Crippen LogP contribution in [0, 0.1) is 15.9 Å². The standard InChI is InChI=1S/C17H14F3IN5S/c1-2-3-6-9-26-15-13(14(22)23-10-24-15)25-16(26)27(17(18,19)20)12-8-5-4-7-11(12)21/h1,4-5,7-8,10H,3,6,9H2,(H2,22,23,24)/q+1. The van der Waals surface area contributed by atoms with E-state index < -0.39 is 16.4 Å². The molecule has 0 saturated carbocycles. The third kappa shape index (κ3) is 3.98. The average Bonchev–Trinajstić information content (AvgIpc) is 2.96. The van der Waals surface area contributed by atoms with Gasteiger partial charge in [-0.2, -0.15) is 4.98 Å². The topological polar surface area (TPSA) is 69.6 Å². The van der Waals surface area contributed by atoms with Crippen LogP contribution in [0.1, 0.15) is 12.8 Å². The third-order valence-corrected chi connectivity index (χ3v) is 6.94. The number of anilines is 1. The van der Waals surface area contributed by atoms with Crippen molar-refractivity contribution < 1.29 is 13.2 Å². The van der Waals surface area contributed by atoms with Crippen LogP contribution in [-0.2, 0) is 17.4 Å². The largest absolute Gasteiger partial charge is 0.589 e. The van der Waals surface area contributed by atoms with Crippen LogP contribution in [-0.4, -0.2) is 25.0 Å². The van der Waals surface area contributed by atoms with E-state index in [0.29, 0.717) is 16.4 Å². The van der Waals surface area contributed by atoms with Gasteiger partial charge in [-0.05, 0) is 41.1 Å². The molecule has 1 atom stereocenters. The van der Waals surface area contributed by atoms with Gasteiger partial charge in [-0.15, -0.1) is 25.5 Å². The molecule has 2 aromatic heterocycles. The van der Waals surface area contributed by atoms with Gasteiger partial charge in [0, 0.05) is 13.0 Å². The lowest BCUT2D eigenvalue weighted by Gasteiger charge is -2.12. The van der Waals surface area contributed by atoms with Gasteiger partial charge in [-0.1, -0.05) is 12.1 Å². The van der Waals surface area contributed by atoms with E-state index in [4.69, 9.17) is 12.2 Å². The van der Waals surface area contributed by atoms with Crippen LogP contribution in [0.15, 0.2) is 40.6 Å². The molecule has 27 heavy (non-hydrogen) atoms. The summed E-state index contributed by atoms with van der Waals surface area (Å²) < 4.78 is 44.3. The van der Waals surface area contributed by atoms with E-state index in [0.717, 1.165) is 0 Å². The monoisotopic (exact) mass is 504 g/mol. The van der Waals surface area contributed by atoms with Gasteiger partial charge in [0.2, 0.25) is 10.9 Å². The molecule has 0 spiro atoms. The zero-order chi connectivity index (χ0) is 19.6. The van der Waals surface area contributed by atoms with Gasteiger partial charge in [0.25, 0.3) is 0 Å². The summed E-state index contributed by atoms with van der Waals surface area (Å²) in [5.41, 5.74) is 1.76. The van der Waals surface area contributed by atoms with Gasteiger partial charge in [-0.3, -0.25) is 4.57 Å². The second-order valence-corrected chi connectivity index (χ2v) is 8.51. The molecule has 1 aromatic carbocycles. The molecule has 3 rings (SSSR count). The number of unbranched alkanes of at least 4 members (excludes halogenated alkanes) is 1. The maximum absolute atomic E-state index is 14.1. The van der Waals surface area contributed by atoms with E-state index in [1.165, 1.54) is 17.0 Å². The zero-order valence-corrected chi connectivity index (χ0v) is 16.8. The normalized spacial score (nSPS) is 12.9. The fourth-order valence-corrected chi connectivity index (χ4v) is 5.33. The molecule has 0 saturated heterocycles. The van der Waals surface area contributed by atoms with Crippen LogP contribution in [0.4, 0.5) is 19.0 Å². The van der Waals surface area contributed by atoms with Crippen molar-refractivity contribution in [2.75, 3.05) is 5.73 Å². The van der Waals surface area contributed by atoms with Crippen molar-refractivity contribution in [3.05, 3.63) is 34.2 Å². The number of fused-ring (bicyclic) bond motifs is 1. The molecule has 2 N–H and O–H groups in total. The first-order valence-electron chi connectivity index (χ1n) is 7.80. The predicted molar refractivity (Wildman–Crippen MR) is 107 cm³/mol. The maximum Gasteiger partial charge on any atom is 0.589 e. The Balaban J connectivity index is 2.25. The number of terminal acetylenes is 1. The number of nitrogens with two attached hydrogens (primary N) is 1. The summed E-state index contributed by atoms with van der Waals surface area (Å²) in [6.07, 6.45) is 7.44. The van der Waals surface area contributed by atoms with Crippen molar-refractivity contribution in [2.24, 2.45) is 0 Å².